The van der Waals surface area contributed by atoms with Crippen molar-refractivity contribution in [3.8, 4) is 5.75 Å². The van der Waals surface area contributed by atoms with Crippen LogP contribution in [0, 0.1) is 13.8 Å². The molecule has 82 valence electrons. The highest BCUT2D eigenvalue weighted by Crippen LogP contribution is 2.27. The fraction of sp³-hybridized carbons (Fsp3) is 0.385. The average molecular weight is 205 g/mol. The van der Waals surface area contributed by atoms with Crippen LogP contribution in [0.5, 0.6) is 5.75 Å². The number of hydrogen-bond acceptors (Lipinski definition) is 2. The minimum Gasteiger partial charge on any atom is -0.496 e. The highest BCUT2D eigenvalue weighted by molar-refractivity contribution is 5.66. The number of ether oxygens (including phenoxy) is 1. The van der Waals surface area contributed by atoms with E-state index in [2.05, 4.69) is 18.7 Å². The number of hydrogen-bond donors (Lipinski definition) is 1. The van der Waals surface area contributed by atoms with Crippen molar-refractivity contribution < 1.29 is 4.74 Å². The van der Waals surface area contributed by atoms with Crippen LogP contribution in [0.25, 0.3) is 5.57 Å². The molecule has 2 nitrogen and oxygen atoms in total. The third kappa shape index (κ3) is 2.60. The van der Waals surface area contributed by atoms with E-state index >= 15 is 0 Å². The van der Waals surface area contributed by atoms with Gasteiger partial charge in [0.25, 0.3) is 0 Å². The predicted octanol–water partition coefficient (Wildman–Crippen LogP) is 2.67. The molecule has 0 fully saturated rings. The van der Waals surface area contributed by atoms with Crippen molar-refractivity contribution in [3.63, 3.8) is 0 Å². The third-order valence-electron chi connectivity index (χ3n) is 2.52. The Balaban J connectivity index is 3.08. The van der Waals surface area contributed by atoms with Crippen LogP contribution in [-0.2, 0) is 0 Å². The summed E-state index contributed by atoms with van der Waals surface area (Å²) in [6.45, 7) is 8.77. The van der Waals surface area contributed by atoms with Crippen molar-refractivity contribution in [2.45, 2.75) is 20.3 Å². The van der Waals surface area contributed by atoms with E-state index in [-0.39, 0.29) is 0 Å². The maximum Gasteiger partial charge on any atom is 0.124 e. The standard InChI is InChI=1S/C13H19NO/c1-9(5-6-14)12-7-10(2)13(15-4)11(3)8-12/h7-8H,1,5-6,14H2,2-4H3. The zero-order valence-electron chi connectivity index (χ0n) is 9.76. The van der Waals surface area contributed by atoms with Gasteiger partial charge in [0.15, 0.2) is 0 Å². The van der Waals surface area contributed by atoms with Crippen molar-refractivity contribution in [2.24, 2.45) is 5.73 Å². The molecule has 0 heterocycles. The molecule has 0 aliphatic heterocycles. The van der Waals surface area contributed by atoms with Gasteiger partial charge in [0, 0.05) is 0 Å². The minimum atomic E-state index is 0.642. The maximum absolute atomic E-state index is 5.51. The second kappa shape index (κ2) is 4.99. The monoisotopic (exact) mass is 205 g/mol. The molecule has 0 unspecified atom stereocenters. The first-order valence-electron chi connectivity index (χ1n) is 5.13. The molecule has 2 heteroatoms. The van der Waals surface area contributed by atoms with Crippen LogP contribution in [0.2, 0.25) is 0 Å². The van der Waals surface area contributed by atoms with E-state index in [1.165, 1.54) is 0 Å². The van der Waals surface area contributed by atoms with Crippen LogP contribution in [-0.4, -0.2) is 13.7 Å². The molecule has 0 radical (unpaired) electrons. The Morgan fingerprint density at radius 1 is 1.33 bits per heavy atom. The Bertz CT molecular complexity index is 346. The highest BCUT2D eigenvalue weighted by Gasteiger charge is 2.06. The van der Waals surface area contributed by atoms with Gasteiger partial charge in [-0.3, -0.25) is 0 Å². The summed E-state index contributed by atoms with van der Waals surface area (Å²) in [5.74, 6) is 0.958. The molecule has 1 aromatic rings. The number of methoxy groups -OCH3 is 1. The largest absolute Gasteiger partial charge is 0.496 e. The zero-order chi connectivity index (χ0) is 11.4. The Hall–Kier alpha value is -1.28. The van der Waals surface area contributed by atoms with Gasteiger partial charge in [0.2, 0.25) is 0 Å². The van der Waals surface area contributed by atoms with Gasteiger partial charge in [-0.15, -0.1) is 0 Å². The van der Waals surface area contributed by atoms with Crippen molar-refractivity contribution in [1.82, 2.24) is 0 Å². The summed E-state index contributed by atoms with van der Waals surface area (Å²) in [4.78, 5) is 0. The van der Waals surface area contributed by atoms with Gasteiger partial charge in [-0.1, -0.05) is 6.58 Å². The summed E-state index contributed by atoms with van der Waals surface area (Å²) in [5.41, 5.74) is 10.1. The van der Waals surface area contributed by atoms with Crippen molar-refractivity contribution >= 4 is 5.57 Å². The quantitative estimate of drug-likeness (QED) is 0.820. The van der Waals surface area contributed by atoms with Crippen molar-refractivity contribution in [2.75, 3.05) is 13.7 Å². The summed E-state index contributed by atoms with van der Waals surface area (Å²) < 4.78 is 5.32. The summed E-state index contributed by atoms with van der Waals surface area (Å²) in [6.07, 6.45) is 0.839. The van der Waals surface area contributed by atoms with Gasteiger partial charge in [-0.25, -0.2) is 0 Å². The van der Waals surface area contributed by atoms with E-state index in [0.29, 0.717) is 6.54 Å². The fourth-order valence-electron chi connectivity index (χ4n) is 1.79. The fourth-order valence-corrected chi connectivity index (χ4v) is 1.79. The van der Waals surface area contributed by atoms with Gasteiger partial charge >= 0.3 is 0 Å². The Morgan fingerprint density at radius 3 is 2.27 bits per heavy atom. The van der Waals surface area contributed by atoms with Crippen LogP contribution in [0.3, 0.4) is 0 Å². The molecule has 0 saturated carbocycles. The van der Waals surface area contributed by atoms with Crippen LogP contribution in [0.1, 0.15) is 23.1 Å². The first kappa shape index (κ1) is 11.8. The molecular weight excluding hydrogens is 186 g/mol. The minimum absolute atomic E-state index is 0.642. The molecular formula is C13H19NO. The first-order chi connectivity index (χ1) is 7.10. The Kier molecular flexibility index (Phi) is 3.92. The second-order valence-corrected chi connectivity index (χ2v) is 3.79. The summed E-state index contributed by atoms with van der Waals surface area (Å²) in [5, 5.41) is 0. The summed E-state index contributed by atoms with van der Waals surface area (Å²) >= 11 is 0. The highest BCUT2D eigenvalue weighted by atomic mass is 16.5. The van der Waals surface area contributed by atoms with E-state index in [0.717, 1.165) is 34.4 Å². The lowest BCUT2D eigenvalue weighted by molar-refractivity contribution is 0.408. The number of aryl methyl sites for hydroxylation is 2. The lowest BCUT2D eigenvalue weighted by atomic mass is 9.99. The smallest absolute Gasteiger partial charge is 0.124 e. The number of benzene rings is 1. The zero-order valence-corrected chi connectivity index (χ0v) is 9.76. The average Bonchev–Trinajstić information content (AvgIpc) is 2.17. The van der Waals surface area contributed by atoms with Gasteiger partial charge in [0.05, 0.1) is 7.11 Å². The SMILES string of the molecule is C=C(CCN)c1cc(C)c(OC)c(C)c1. The van der Waals surface area contributed by atoms with Gasteiger partial charge in [0.1, 0.15) is 5.75 Å². The predicted molar refractivity (Wildman–Crippen MR) is 65.2 cm³/mol. The molecule has 0 aromatic heterocycles. The molecule has 0 aliphatic rings. The van der Waals surface area contributed by atoms with Gasteiger partial charge in [-0.2, -0.15) is 0 Å². The summed E-state index contributed by atoms with van der Waals surface area (Å²) in [7, 11) is 1.70. The molecule has 1 rings (SSSR count). The van der Waals surface area contributed by atoms with E-state index in [1.807, 2.05) is 13.8 Å². The maximum atomic E-state index is 5.51. The third-order valence-corrected chi connectivity index (χ3v) is 2.52. The van der Waals surface area contributed by atoms with Gasteiger partial charge < -0.3 is 10.5 Å². The van der Waals surface area contributed by atoms with Crippen molar-refractivity contribution in [3.05, 3.63) is 35.4 Å². The molecule has 2 N–H and O–H groups in total. The molecule has 0 atom stereocenters. The molecule has 0 amide bonds. The van der Waals surface area contributed by atoms with E-state index in [9.17, 15) is 0 Å². The van der Waals surface area contributed by atoms with E-state index < -0.39 is 0 Å². The molecule has 1 aromatic carbocycles. The molecule has 0 aliphatic carbocycles. The van der Waals surface area contributed by atoms with Crippen LogP contribution >= 0.6 is 0 Å². The van der Waals surface area contributed by atoms with Gasteiger partial charge in [-0.05, 0) is 61.2 Å². The number of nitrogens with two attached hydrogens (primary N) is 1. The van der Waals surface area contributed by atoms with Crippen LogP contribution in [0.15, 0.2) is 18.7 Å². The number of rotatable bonds is 4. The normalized spacial score (nSPS) is 10.1. The Labute approximate surface area is 91.7 Å². The second-order valence-electron chi connectivity index (χ2n) is 3.79. The molecule has 0 bridgehead atoms. The summed E-state index contributed by atoms with van der Waals surface area (Å²) in [6, 6.07) is 4.20. The van der Waals surface area contributed by atoms with Crippen LogP contribution < -0.4 is 10.5 Å². The molecule has 0 spiro atoms. The lowest BCUT2D eigenvalue weighted by Gasteiger charge is -2.12. The lowest BCUT2D eigenvalue weighted by Crippen LogP contribution is -2.00. The van der Waals surface area contributed by atoms with E-state index in [4.69, 9.17) is 10.5 Å². The van der Waals surface area contributed by atoms with Crippen LogP contribution in [0.4, 0.5) is 0 Å². The van der Waals surface area contributed by atoms with E-state index in [1.54, 1.807) is 7.11 Å². The Morgan fingerprint density at radius 2 is 1.87 bits per heavy atom. The molecule has 0 saturated heterocycles. The first-order valence-corrected chi connectivity index (χ1v) is 5.13. The topological polar surface area (TPSA) is 35.2 Å². The van der Waals surface area contributed by atoms with Crippen molar-refractivity contribution in [1.29, 1.82) is 0 Å². The molecule has 15 heavy (non-hydrogen) atoms.